The van der Waals surface area contributed by atoms with Crippen LogP contribution in [-0.2, 0) is 0 Å². The SMILES string of the molecule is COc1cc(C=Cc2ccc(C#N)cc2)ccc1O. The van der Waals surface area contributed by atoms with Gasteiger partial charge in [-0.2, -0.15) is 5.26 Å². The van der Waals surface area contributed by atoms with Crippen molar-refractivity contribution < 1.29 is 9.84 Å². The highest BCUT2D eigenvalue weighted by Gasteiger charge is 2.00. The molecule has 0 atom stereocenters. The molecule has 94 valence electrons. The molecule has 0 aliphatic carbocycles. The summed E-state index contributed by atoms with van der Waals surface area (Å²) in [5.41, 5.74) is 2.58. The zero-order valence-corrected chi connectivity index (χ0v) is 10.5. The number of benzene rings is 2. The van der Waals surface area contributed by atoms with E-state index >= 15 is 0 Å². The minimum atomic E-state index is 0.123. The Bertz CT molecular complexity index is 637. The van der Waals surface area contributed by atoms with Gasteiger partial charge in [-0.1, -0.05) is 30.4 Å². The highest BCUT2D eigenvalue weighted by atomic mass is 16.5. The number of hydrogen-bond acceptors (Lipinski definition) is 3. The van der Waals surface area contributed by atoms with Crippen LogP contribution in [0.5, 0.6) is 11.5 Å². The Morgan fingerprint density at radius 1 is 1.05 bits per heavy atom. The summed E-state index contributed by atoms with van der Waals surface area (Å²) in [4.78, 5) is 0. The highest BCUT2D eigenvalue weighted by molar-refractivity contribution is 5.71. The molecular formula is C16H13NO2. The largest absolute Gasteiger partial charge is 0.504 e. The minimum Gasteiger partial charge on any atom is -0.504 e. The van der Waals surface area contributed by atoms with E-state index in [1.807, 2.05) is 24.3 Å². The van der Waals surface area contributed by atoms with Crippen LogP contribution in [-0.4, -0.2) is 12.2 Å². The molecule has 0 saturated carbocycles. The molecule has 0 saturated heterocycles. The van der Waals surface area contributed by atoms with Gasteiger partial charge in [0, 0.05) is 0 Å². The third-order valence-corrected chi connectivity index (χ3v) is 2.71. The van der Waals surface area contributed by atoms with E-state index < -0.39 is 0 Å². The molecule has 0 aliphatic rings. The van der Waals surface area contributed by atoms with Gasteiger partial charge in [-0.15, -0.1) is 0 Å². The lowest BCUT2D eigenvalue weighted by atomic mass is 10.1. The Morgan fingerprint density at radius 2 is 1.68 bits per heavy atom. The van der Waals surface area contributed by atoms with Crippen LogP contribution in [0.1, 0.15) is 16.7 Å². The molecule has 0 aliphatic heterocycles. The zero-order valence-electron chi connectivity index (χ0n) is 10.5. The Labute approximate surface area is 112 Å². The number of aromatic hydroxyl groups is 1. The normalized spacial score (nSPS) is 10.3. The monoisotopic (exact) mass is 251 g/mol. The van der Waals surface area contributed by atoms with E-state index in [1.165, 1.54) is 7.11 Å². The number of hydrogen-bond donors (Lipinski definition) is 1. The molecule has 2 aromatic carbocycles. The molecule has 0 aromatic heterocycles. The molecule has 2 rings (SSSR count). The summed E-state index contributed by atoms with van der Waals surface area (Å²) in [7, 11) is 1.52. The number of phenols is 1. The van der Waals surface area contributed by atoms with Crippen LogP contribution in [0.15, 0.2) is 42.5 Å². The highest BCUT2D eigenvalue weighted by Crippen LogP contribution is 2.27. The number of nitriles is 1. The first-order valence-electron chi connectivity index (χ1n) is 5.78. The van der Waals surface area contributed by atoms with Gasteiger partial charge in [0.1, 0.15) is 0 Å². The average Bonchev–Trinajstić information content (AvgIpc) is 2.47. The molecule has 0 amide bonds. The van der Waals surface area contributed by atoms with E-state index in [9.17, 15) is 5.11 Å². The van der Waals surface area contributed by atoms with Crippen LogP contribution < -0.4 is 4.74 Å². The van der Waals surface area contributed by atoms with Crippen molar-refractivity contribution in [2.45, 2.75) is 0 Å². The van der Waals surface area contributed by atoms with Crippen molar-refractivity contribution >= 4 is 12.2 Å². The van der Waals surface area contributed by atoms with Crippen LogP contribution in [0.3, 0.4) is 0 Å². The quantitative estimate of drug-likeness (QED) is 0.850. The van der Waals surface area contributed by atoms with E-state index in [0.29, 0.717) is 11.3 Å². The molecule has 0 heterocycles. The van der Waals surface area contributed by atoms with E-state index in [4.69, 9.17) is 10.00 Å². The van der Waals surface area contributed by atoms with Crippen molar-refractivity contribution in [2.75, 3.05) is 7.11 Å². The summed E-state index contributed by atoms with van der Waals surface area (Å²) < 4.78 is 5.05. The molecule has 0 spiro atoms. The van der Waals surface area contributed by atoms with Crippen LogP contribution in [0.4, 0.5) is 0 Å². The van der Waals surface area contributed by atoms with Gasteiger partial charge < -0.3 is 9.84 Å². The lowest BCUT2D eigenvalue weighted by Gasteiger charge is -2.03. The van der Waals surface area contributed by atoms with Gasteiger partial charge in [-0.05, 0) is 35.4 Å². The fourth-order valence-corrected chi connectivity index (χ4v) is 1.66. The summed E-state index contributed by atoms with van der Waals surface area (Å²) >= 11 is 0. The molecule has 2 aromatic rings. The van der Waals surface area contributed by atoms with E-state index in [2.05, 4.69) is 6.07 Å². The van der Waals surface area contributed by atoms with Crippen LogP contribution >= 0.6 is 0 Å². The van der Waals surface area contributed by atoms with Gasteiger partial charge in [-0.3, -0.25) is 0 Å². The molecule has 0 unspecified atom stereocenters. The first-order valence-corrected chi connectivity index (χ1v) is 5.78. The maximum Gasteiger partial charge on any atom is 0.161 e. The topological polar surface area (TPSA) is 53.2 Å². The fourth-order valence-electron chi connectivity index (χ4n) is 1.66. The Balaban J connectivity index is 2.20. The zero-order chi connectivity index (χ0) is 13.7. The van der Waals surface area contributed by atoms with Crippen molar-refractivity contribution in [1.82, 2.24) is 0 Å². The molecule has 1 N–H and O–H groups in total. The Kier molecular flexibility index (Phi) is 3.84. The van der Waals surface area contributed by atoms with E-state index in [-0.39, 0.29) is 5.75 Å². The second-order valence-corrected chi connectivity index (χ2v) is 4.00. The summed E-state index contributed by atoms with van der Waals surface area (Å²) in [5.74, 6) is 0.569. The predicted molar refractivity (Wildman–Crippen MR) is 74.7 cm³/mol. The smallest absolute Gasteiger partial charge is 0.161 e. The van der Waals surface area contributed by atoms with Gasteiger partial charge in [0.15, 0.2) is 11.5 Å². The standard InChI is InChI=1S/C16H13NO2/c1-19-16-10-13(8-9-15(16)18)5-2-12-3-6-14(11-17)7-4-12/h2-10,18H,1H3. The summed E-state index contributed by atoms with van der Waals surface area (Å²) in [6.45, 7) is 0. The van der Waals surface area contributed by atoms with Crippen LogP contribution in [0.2, 0.25) is 0 Å². The number of methoxy groups -OCH3 is 1. The molecule has 3 nitrogen and oxygen atoms in total. The third kappa shape index (κ3) is 3.14. The number of rotatable bonds is 3. The van der Waals surface area contributed by atoms with E-state index in [0.717, 1.165) is 11.1 Å². The lowest BCUT2D eigenvalue weighted by Crippen LogP contribution is -1.84. The fraction of sp³-hybridized carbons (Fsp3) is 0.0625. The number of ether oxygens (including phenoxy) is 1. The van der Waals surface area contributed by atoms with Crippen molar-refractivity contribution in [3.05, 3.63) is 59.2 Å². The minimum absolute atomic E-state index is 0.123. The Hall–Kier alpha value is -2.73. The van der Waals surface area contributed by atoms with Crippen molar-refractivity contribution in [1.29, 1.82) is 5.26 Å². The second-order valence-electron chi connectivity index (χ2n) is 4.00. The molecule has 0 bridgehead atoms. The maximum absolute atomic E-state index is 9.50. The molecule has 19 heavy (non-hydrogen) atoms. The van der Waals surface area contributed by atoms with Crippen LogP contribution in [0, 0.1) is 11.3 Å². The van der Waals surface area contributed by atoms with Crippen molar-refractivity contribution in [2.24, 2.45) is 0 Å². The first-order chi connectivity index (χ1) is 9.22. The van der Waals surface area contributed by atoms with Gasteiger partial charge in [0.2, 0.25) is 0 Å². The Morgan fingerprint density at radius 3 is 2.32 bits per heavy atom. The van der Waals surface area contributed by atoms with Crippen LogP contribution in [0.25, 0.3) is 12.2 Å². The second kappa shape index (κ2) is 5.74. The molecule has 3 heteroatoms. The van der Waals surface area contributed by atoms with Crippen molar-refractivity contribution in [3.63, 3.8) is 0 Å². The number of nitrogens with zero attached hydrogens (tertiary/aromatic N) is 1. The summed E-state index contributed by atoms with van der Waals surface area (Å²) in [6.07, 6.45) is 3.86. The van der Waals surface area contributed by atoms with Gasteiger partial charge >= 0.3 is 0 Å². The van der Waals surface area contributed by atoms with Crippen molar-refractivity contribution in [3.8, 4) is 17.6 Å². The molecular weight excluding hydrogens is 238 g/mol. The average molecular weight is 251 g/mol. The molecule has 0 fully saturated rings. The first kappa shape index (κ1) is 12.7. The number of phenolic OH excluding ortho intramolecular Hbond substituents is 1. The van der Waals surface area contributed by atoms with Gasteiger partial charge in [-0.25, -0.2) is 0 Å². The summed E-state index contributed by atoms with van der Waals surface area (Å²) in [6, 6.07) is 14.6. The predicted octanol–water partition coefficient (Wildman–Crippen LogP) is 3.44. The van der Waals surface area contributed by atoms with E-state index in [1.54, 1.807) is 30.3 Å². The molecule has 0 radical (unpaired) electrons. The maximum atomic E-state index is 9.50. The lowest BCUT2D eigenvalue weighted by molar-refractivity contribution is 0.373. The van der Waals surface area contributed by atoms with Gasteiger partial charge in [0.05, 0.1) is 18.7 Å². The summed E-state index contributed by atoms with van der Waals surface area (Å²) in [5, 5.41) is 18.2. The third-order valence-electron chi connectivity index (χ3n) is 2.71. The van der Waals surface area contributed by atoms with Gasteiger partial charge in [0.25, 0.3) is 0 Å².